The Kier molecular flexibility index (Phi) is 2.54. The lowest BCUT2D eigenvalue weighted by Gasteiger charge is -2.19. The van der Waals surface area contributed by atoms with E-state index in [0.717, 1.165) is 0 Å². The molecule has 86 valence electrons. The van der Waals surface area contributed by atoms with E-state index in [2.05, 4.69) is 5.16 Å². The van der Waals surface area contributed by atoms with Crippen LogP contribution in [0.15, 0.2) is 5.16 Å². The van der Waals surface area contributed by atoms with Gasteiger partial charge in [0, 0.05) is 25.4 Å². The van der Waals surface area contributed by atoms with E-state index in [0.29, 0.717) is 19.5 Å². The molecule has 0 aromatic heterocycles. The Morgan fingerprint density at radius 3 is 2.87 bits per heavy atom. The zero-order valence-electron chi connectivity index (χ0n) is 8.37. The molecule has 0 radical (unpaired) electrons. The Morgan fingerprint density at radius 1 is 1.53 bits per heavy atom. The molecular weight excluding hydrogens is 204 g/mol. The van der Waals surface area contributed by atoms with Crippen molar-refractivity contribution in [1.82, 2.24) is 4.90 Å². The third kappa shape index (κ3) is 1.90. The summed E-state index contributed by atoms with van der Waals surface area (Å²) in [7, 11) is 0. The Hall–Kier alpha value is -0.910. The second kappa shape index (κ2) is 3.59. The number of alkyl halides is 2. The van der Waals surface area contributed by atoms with Crippen LogP contribution >= 0.6 is 0 Å². The van der Waals surface area contributed by atoms with Crippen LogP contribution < -0.4 is 5.73 Å². The van der Waals surface area contributed by atoms with E-state index in [1.54, 1.807) is 0 Å². The minimum atomic E-state index is -2.52. The smallest absolute Gasteiger partial charge is 0.252 e. The van der Waals surface area contributed by atoms with Gasteiger partial charge < -0.3 is 10.9 Å². The number of likely N-dealkylation sites (tertiary alicyclic amines) is 1. The molecule has 0 spiro atoms. The first kappa shape index (κ1) is 10.6. The zero-order chi connectivity index (χ0) is 11.1. The predicted octanol–water partition coefficient (Wildman–Crippen LogP) is 0.710. The van der Waals surface area contributed by atoms with Crippen LogP contribution in [-0.2, 0) is 0 Å². The third-order valence-electron chi connectivity index (χ3n) is 3.42. The summed E-state index contributed by atoms with van der Waals surface area (Å²) in [5.41, 5.74) is 5.34. The summed E-state index contributed by atoms with van der Waals surface area (Å²) in [5, 5.41) is 11.2. The van der Waals surface area contributed by atoms with Crippen LogP contribution in [0.4, 0.5) is 8.78 Å². The van der Waals surface area contributed by atoms with E-state index in [9.17, 15) is 8.78 Å². The number of nitrogens with two attached hydrogens (primary N) is 1. The van der Waals surface area contributed by atoms with Gasteiger partial charge in [-0.1, -0.05) is 5.16 Å². The molecular formula is C9H15F2N3O. The molecule has 15 heavy (non-hydrogen) atoms. The van der Waals surface area contributed by atoms with Crippen LogP contribution in [0.5, 0.6) is 0 Å². The fourth-order valence-corrected chi connectivity index (χ4v) is 2.68. The lowest BCUT2D eigenvalue weighted by atomic mass is 9.99. The fourth-order valence-electron chi connectivity index (χ4n) is 2.68. The second-order valence-electron chi connectivity index (χ2n) is 4.45. The molecule has 0 unspecified atom stereocenters. The summed E-state index contributed by atoms with van der Waals surface area (Å²) >= 11 is 0. The van der Waals surface area contributed by atoms with Crippen molar-refractivity contribution in [2.75, 3.05) is 19.6 Å². The van der Waals surface area contributed by atoms with Crippen molar-refractivity contribution in [1.29, 1.82) is 0 Å². The normalized spacial score (nSPS) is 35.7. The van der Waals surface area contributed by atoms with Crippen molar-refractivity contribution in [3.05, 3.63) is 0 Å². The molecule has 2 fully saturated rings. The highest BCUT2D eigenvalue weighted by molar-refractivity contribution is 5.81. The molecule has 2 rings (SSSR count). The van der Waals surface area contributed by atoms with Crippen LogP contribution in [0.2, 0.25) is 0 Å². The molecule has 1 aliphatic heterocycles. The summed E-state index contributed by atoms with van der Waals surface area (Å²) in [6.45, 7) is 1.27. The van der Waals surface area contributed by atoms with Crippen LogP contribution in [0, 0.1) is 11.8 Å². The second-order valence-corrected chi connectivity index (χ2v) is 4.45. The van der Waals surface area contributed by atoms with E-state index in [-0.39, 0.29) is 24.7 Å². The zero-order valence-corrected chi connectivity index (χ0v) is 8.37. The van der Waals surface area contributed by atoms with Crippen molar-refractivity contribution in [2.24, 2.45) is 22.7 Å². The van der Waals surface area contributed by atoms with Crippen molar-refractivity contribution in [3.63, 3.8) is 0 Å². The van der Waals surface area contributed by atoms with Gasteiger partial charge in [-0.3, -0.25) is 4.90 Å². The van der Waals surface area contributed by atoms with Gasteiger partial charge in [-0.05, 0) is 12.3 Å². The highest BCUT2D eigenvalue weighted by atomic mass is 19.3. The van der Waals surface area contributed by atoms with Gasteiger partial charge in [0.15, 0.2) is 5.84 Å². The summed E-state index contributed by atoms with van der Waals surface area (Å²) < 4.78 is 26.7. The minimum absolute atomic E-state index is 0.0136. The van der Waals surface area contributed by atoms with Gasteiger partial charge >= 0.3 is 0 Å². The Morgan fingerprint density at radius 2 is 2.27 bits per heavy atom. The number of nitrogens with zero attached hydrogens (tertiary/aromatic N) is 2. The molecule has 3 N–H and O–H groups in total. The topological polar surface area (TPSA) is 61.8 Å². The van der Waals surface area contributed by atoms with E-state index >= 15 is 0 Å². The van der Waals surface area contributed by atoms with E-state index in [1.165, 1.54) is 0 Å². The van der Waals surface area contributed by atoms with Gasteiger partial charge in [0.2, 0.25) is 0 Å². The highest BCUT2D eigenvalue weighted by Gasteiger charge is 2.53. The fraction of sp³-hybridized carbons (Fsp3) is 0.889. The molecule has 4 nitrogen and oxygen atoms in total. The molecule has 1 saturated carbocycles. The van der Waals surface area contributed by atoms with Crippen molar-refractivity contribution in [3.8, 4) is 0 Å². The molecule has 0 aromatic carbocycles. The van der Waals surface area contributed by atoms with Gasteiger partial charge in [-0.2, -0.15) is 0 Å². The monoisotopic (exact) mass is 219 g/mol. The van der Waals surface area contributed by atoms with Crippen molar-refractivity contribution in [2.45, 2.75) is 18.8 Å². The molecule has 2 aliphatic rings. The van der Waals surface area contributed by atoms with Gasteiger partial charge in [0.25, 0.3) is 5.92 Å². The first-order valence-electron chi connectivity index (χ1n) is 5.09. The van der Waals surface area contributed by atoms with Gasteiger partial charge in [-0.15, -0.1) is 0 Å². The van der Waals surface area contributed by atoms with Crippen LogP contribution in [-0.4, -0.2) is 41.5 Å². The van der Waals surface area contributed by atoms with Gasteiger partial charge in [-0.25, -0.2) is 8.78 Å². The summed E-state index contributed by atoms with van der Waals surface area (Å²) in [5.74, 6) is -2.90. The maximum absolute atomic E-state index is 13.4. The predicted molar refractivity (Wildman–Crippen MR) is 51.0 cm³/mol. The quantitative estimate of drug-likeness (QED) is 0.311. The number of halogens is 2. The molecule has 2 atom stereocenters. The first-order valence-corrected chi connectivity index (χ1v) is 5.09. The lowest BCUT2D eigenvalue weighted by molar-refractivity contribution is -0.0393. The van der Waals surface area contributed by atoms with E-state index in [1.807, 2.05) is 4.90 Å². The number of amidine groups is 1. The van der Waals surface area contributed by atoms with Crippen molar-refractivity contribution < 1.29 is 14.0 Å². The maximum atomic E-state index is 13.4. The lowest BCUT2D eigenvalue weighted by Crippen LogP contribution is -2.35. The number of hydrogen-bond acceptors (Lipinski definition) is 3. The minimum Gasteiger partial charge on any atom is -0.409 e. The van der Waals surface area contributed by atoms with Crippen LogP contribution in [0.3, 0.4) is 0 Å². The summed E-state index contributed by atoms with van der Waals surface area (Å²) in [6, 6.07) is 0. The van der Waals surface area contributed by atoms with E-state index in [4.69, 9.17) is 10.9 Å². The van der Waals surface area contributed by atoms with Gasteiger partial charge in [0.1, 0.15) is 0 Å². The molecule has 1 saturated heterocycles. The molecule has 1 heterocycles. The molecule has 0 bridgehead atoms. The third-order valence-corrected chi connectivity index (χ3v) is 3.42. The average Bonchev–Trinajstić information content (AvgIpc) is 2.68. The number of hydrogen-bond donors (Lipinski definition) is 2. The molecule has 0 aromatic rings. The van der Waals surface area contributed by atoms with Crippen LogP contribution in [0.25, 0.3) is 0 Å². The van der Waals surface area contributed by atoms with Crippen LogP contribution in [0.1, 0.15) is 12.8 Å². The molecule has 0 amide bonds. The Bertz CT molecular complexity index is 283. The largest absolute Gasteiger partial charge is 0.409 e. The summed E-state index contributed by atoms with van der Waals surface area (Å²) in [6.07, 6.45) is 0.601. The Labute approximate surface area is 86.7 Å². The molecule has 1 aliphatic carbocycles. The first-order chi connectivity index (χ1) is 7.03. The summed E-state index contributed by atoms with van der Waals surface area (Å²) in [4.78, 5) is 1.83. The number of fused-ring (bicyclic) bond motifs is 1. The van der Waals surface area contributed by atoms with E-state index < -0.39 is 11.8 Å². The standard InChI is InChI=1S/C9H15F2N3O/c10-9(11)2-1-6-3-14(4-7(6)9)5-8(12)13-15/h6-7,15H,1-5H2,(H2,12,13)/t6-,7+/m0/s1. The number of rotatable bonds is 2. The average molecular weight is 219 g/mol. The maximum Gasteiger partial charge on any atom is 0.252 e. The van der Waals surface area contributed by atoms with Gasteiger partial charge in [0.05, 0.1) is 6.54 Å². The van der Waals surface area contributed by atoms with Crippen molar-refractivity contribution >= 4 is 5.84 Å². The highest BCUT2D eigenvalue weighted by Crippen LogP contribution is 2.47. The Balaban J connectivity index is 1.96. The number of oxime groups is 1. The SMILES string of the molecule is NC(CN1C[C@@H]2CCC(F)(F)[C@@H]2C1)=NO. The molecule has 6 heteroatoms.